The average Bonchev–Trinajstić information content (AvgIpc) is 2.65. The number of hydrogen-bond donors (Lipinski definition) is 1. The molecule has 4 nitrogen and oxygen atoms in total. The maximum atomic E-state index is 12.7. The minimum absolute atomic E-state index is 0.00813. The fraction of sp³-hybridized carbons (Fsp3) is 0.211. The summed E-state index contributed by atoms with van der Waals surface area (Å²) in [5, 5.41) is 0. The van der Waals surface area contributed by atoms with Gasteiger partial charge in [-0.3, -0.25) is 4.79 Å². The summed E-state index contributed by atoms with van der Waals surface area (Å²) >= 11 is 6.97. The molecule has 1 aliphatic heterocycles. The van der Waals surface area contributed by atoms with E-state index in [0.29, 0.717) is 32.0 Å². The highest BCUT2D eigenvalue weighted by Gasteiger charge is 2.17. The minimum Gasteiger partial charge on any atom is -0.397 e. The first-order chi connectivity index (χ1) is 12.1. The Hall–Kier alpha value is -1.63. The minimum atomic E-state index is -0.00813. The van der Waals surface area contributed by atoms with Crippen LogP contribution in [0, 0.1) is 0 Å². The van der Waals surface area contributed by atoms with Gasteiger partial charge in [-0.1, -0.05) is 30.3 Å². The molecule has 2 N–H and O–H groups in total. The van der Waals surface area contributed by atoms with Gasteiger partial charge in [0.25, 0.3) is 0 Å². The van der Waals surface area contributed by atoms with Gasteiger partial charge in [-0.25, -0.2) is 0 Å². The van der Waals surface area contributed by atoms with Gasteiger partial charge in [-0.05, 0) is 60.7 Å². The number of carbonyl (C=O) groups is 1. The van der Waals surface area contributed by atoms with E-state index in [-0.39, 0.29) is 5.91 Å². The number of nitrogens with zero attached hydrogens (tertiary/aromatic N) is 1. The molecule has 0 atom stereocenters. The molecule has 0 aliphatic carbocycles. The molecule has 0 radical (unpaired) electrons. The molecule has 25 heavy (non-hydrogen) atoms. The van der Waals surface area contributed by atoms with Gasteiger partial charge in [0.15, 0.2) is 0 Å². The Morgan fingerprint density at radius 3 is 2.24 bits per heavy atom. The van der Waals surface area contributed by atoms with E-state index >= 15 is 0 Å². The Bertz CT molecular complexity index is 777. The van der Waals surface area contributed by atoms with Crippen molar-refractivity contribution in [3.8, 4) is 0 Å². The van der Waals surface area contributed by atoms with Gasteiger partial charge in [-0.2, -0.15) is 0 Å². The Kier molecular flexibility index (Phi) is 5.93. The second-order valence-corrected chi connectivity index (χ2v) is 7.42. The van der Waals surface area contributed by atoms with Crippen LogP contribution in [0.15, 0.2) is 57.5 Å². The van der Waals surface area contributed by atoms with Crippen molar-refractivity contribution in [2.75, 3.05) is 32.0 Å². The van der Waals surface area contributed by atoms with Crippen molar-refractivity contribution in [2.24, 2.45) is 0 Å². The number of nitrogen functional groups attached to an aromatic ring is 1. The Labute approximate surface area is 163 Å². The van der Waals surface area contributed by atoms with Crippen molar-refractivity contribution < 1.29 is 9.53 Å². The van der Waals surface area contributed by atoms with E-state index in [1.165, 1.54) is 0 Å². The lowest BCUT2D eigenvalue weighted by Crippen LogP contribution is -2.39. The summed E-state index contributed by atoms with van der Waals surface area (Å²) in [5.74, 6) is -0.00813. The lowest BCUT2D eigenvalue weighted by atomic mass is 9.97. The number of amides is 1. The number of hydrogen-bond acceptors (Lipinski definition) is 3. The Morgan fingerprint density at radius 2 is 1.64 bits per heavy atom. The Balaban J connectivity index is 2.04. The zero-order chi connectivity index (χ0) is 17.8. The molecule has 1 aliphatic rings. The van der Waals surface area contributed by atoms with Crippen LogP contribution in [0.3, 0.4) is 0 Å². The summed E-state index contributed by atoms with van der Waals surface area (Å²) in [4.78, 5) is 14.6. The standard InChI is InChI=1S/C19H18Br2N2O2/c20-16-10-14(11-17(21)19(16)22)15(13-4-2-1-3-5-13)12-18(24)23-6-8-25-9-7-23/h1-5,10-12H,6-9,22H2. The molecule has 1 amide bonds. The number of anilines is 1. The predicted octanol–water partition coefficient (Wildman–Crippen LogP) is 4.08. The molecule has 2 aromatic carbocycles. The van der Waals surface area contributed by atoms with E-state index in [1.807, 2.05) is 47.4 Å². The van der Waals surface area contributed by atoms with Crippen LogP contribution in [0.25, 0.3) is 5.57 Å². The molecule has 130 valence electrons. The summed E-state index contributed by atoms with van der Waals surface area (Å²) in [6, 6.07) is 13.7. The number of carbonyl (C=O) groups excluding carboxylic acids is 1. The lowest BCUT2D eigenvalue weighted by molar-refractivity contribution is -0.129. The van der Waals surface area contributed by atoms with Crippen LogP contribution in [0.1, 0.15) is 11.1 Å². The van der Waals surface area contributed by atoms with Crippen LogP contribution in [-0.4, -0.2) is 37.1 Å². The molecule has 1 fully saturated rings. The van der Waals surface area contributed by atoms with Gasteiger partial charge in [0.1, 0.15) is 0 Å². The number of ether oxygens (including phenoxy) is 1. The van der Waals surface area contributed by atoms with Crippen LogP contribution in [-0.2, 0) is 9.53 Å². The molecule has 3 rings (SSSR count). The molecule has 1 heterocycles. The van der Waals surface area contributed by atoms with Crippen LogP contribution in [0.4, 0.5) is 5.69 Å². The first kappa shape index (κ1) is 18.2. The van der Waals surface area contributed by atoms with Crippen LogP contribution < -0.4 is 5.73 Å². The summed E-state index contributed by atoms with van der Waals surface area (Å²) in [5.41, 5.74) is 9.40. The van der Waals surface area contributed by atoms with Gasteiger partial charge in [0, 0.05) is 28.1 Å². The molecule has 0 aromatic heterocycles. The molecule has 6 heteroatoms. The van der Waals surface area contributed by atoms with E-state index in [4.69, 9.17) is 10.5 Å². The van der Waals surface area contributed by atoms with Gasteiger partial charge in [-0.15, -0.1) is 0 Å². The zero-order valence-electron chi connectivity index (χ0n) is 13.5. The smallest absolute Gasteiger partial charge is 0.247 e. The molecule has 0 spiro atoms. The molecule has 0 saturated carbocycles. The van der Waals surface area contributed by atoms with Crippen molar-refractivity contribution in [1.29, 1.82) is 0 Å². The van der Waals surface area contributed by atoms with Crippen molar-refractivity contribution >= 4 is 49.0 Å². The summed E-state index contributed by atoms with van der Waals surface area (Å²) in [6.45, 7) is 2.40. The fourth-order valence-electron chi connectivity index (χ4n) is 2.69. The first-order valence-corrected chi connectivity index (χ1v) is 9.53. The van der Waals surface area contributed by atoms with E-state index in [0.717, 1.165) is 25.6 Å². The van der Waals surface area contributed by atoms with Crippen molar-refractivity contribution in [2.45, 2.75) is 0 Å². The molecule has 0 bridgehead atoms. The largest absolute Gasteiger partial charge is 0.397 e. The molecule has 2 aromatic rings. The highest BCUT2D eigenvalue weighted by atomic mass is 79.9. The topological polar surface area (TPSA) is 55.6 Å². The third-order valence-electron chi connectivity index (χ3n) is 4.07. The molecule has 0 unspecified atom stereocenters. The fourth-order valence-corrected chi connectivity index (χ4v) is 3.88. The van der Waals surface area contributed by atoms with Gasteiger partial charge in [0.05, 0.1) is 18.9 Å². The van der Waals surface area contributed by atoms with Gasteiger partial charge >= 0.3 is 0 Å². The molecule has 1 saturated heterocycles. The number of benzene rings is 2. The number of halogens is 2. The zero-order valence-corrected chi connectivity index (χ0v) is 16.7. The normalized spacial score (nSPS) is 15.3. The molecular formula is C19H18Br2N2O2. The van der Waals surface area contributed by atoms with Crippen molar-refractivity contribution in [1.82, 2.24) is 4.90 Å². The summed E-state index contributed by atoms with van der Waals surface area (Å²) < 4.78 is 6.91. The highest BCUT2D eigenvalue weighted by molar-refractivity contribution is 9.11. The van der Waals surface area contributed by atoms with E-state index in [2.05, 4.69) is 31.9 Å². The first-order valence-electron chi connectivity index (χ1n) is 7.95. The molecular weight excluding hydrogens is 448 g/mol. The maximum absolute atomic E-state index is 12.7. The second-order valence-electron chi connectivity index (χ2n) is 5.72. The number of rotatable bonds is 3. The predicted molar refractivity (Wildman–Crippen MR) is 107 cm³/mol. The summed E-state index contributed by atoms with van der Waals surface area (Å²) in [6.07, 6.45) is 1.70. The lowest BCUT2D eigenvalue weighted by Gasteiger charge is -2.26. The van der Waals surface area contributed by atoms with E-state index in [9.17, 15) is 4.79 Å². The average molecular weight is 466 g/mol. The highest BCUT2D eigenvalue weighted by Crippen LogP contribution is 2.34. The number of morpholine rings is 1. The van der Waals surface area contributed by atoms with Crippen LogP contribution in [0.2, 0.25) is 0 Å². The third kappa shape index (κ3) is 4.32. The van der Waals surface area contributed by atoms with Crippen LogP contribution >= 0.6 is 31.9 Å². The quantitative estimate of drug-likeness (QED) is 0.548. The monoisotopic (exact) mass is 464 g/mol. The third-order valence-corrected chi connectivity index (χ3v) is 5.38. The SMILES string of the molecule is Nc1c(Br)cc(C(=CC(=O)N2CCOCC2)c2ccccc2)cc1Br. The van der Waals surface area contributed by atoms with E-state index in [1.54, 1.807) is 6.08 Å². The van der Waals surface area contributed by atoms with Gasteiger partial charge in [0.2, 0.25) is 5.91 Å². The van der Waals surface area contributed by atoms with Crippen molar-refractivity contribution in [3.63, 3.8) is 0 Å². The number of nitrogens with two attached hydrogens (primary N) is 1. The van der Waals surface area contributed by atoms with Crippen LogP contribution in [0.5, 0.6) is 0 Å². The maximum Gasteiger partial charge on any atom is 0.247 e. The Morgan fingerprint density at radius 1 is 1.04 bits per heavy atom. The second kappa shape index (κ2) is 8.17. The van der Waals surface area contributed by atoms with Gasteiger partial charge < -0.3 is 15.4 Å². The van der Waals surface area contributed by atoms with Crippen molar-refractivity contribution in [3.05, 3.63) is 68.6 Å². The summed E-state index contributed by atoms with van der Waals surface area (Å²) in [7, 11) is 0. The van der Waals surface area contributed by atoms with E-state index < -0.39 is 0 Å².